The first-order valence-corrected chi connectivity index (χ1v) is 30.7. The van der Waals surface area contributed by atoms with Gasteiger partial charge in [-0.2, -0.15) is 0 Å². The fourth-order valence-electron chi connectivity index (χ4n) is 14.2. The molecule has 0 aromatic heterocycles. The van der Waals surface area contributed by atoms with Crippen molar-refractivity contribution in [2.75, 3.05) is 0 Å². The molecule has 0 radical (unpaired) electrons. The van der Waals surface area contributed by atoms with E-state index in [-0.39, 0.29) is 97.4 Å². The van der Waals surface area contributed by atoms with Gasteiger partial charge in [-0.1, -0.05) is 170 Å². The van der Waals surface area contributed by atoms with Gasteiger partial charge in [0, 0.05) is 51.4 Å². The second-order valence-electron chi connectivity index (χ2n) is 24.9. The highest BCUT2D eigenvalue weighted by atomic mass is 16.3. The van der Waals surface area contributed by atoms with Crippen LogP contribution in [0.25, 0.3) is 44.5 Å². The largest absolute Gasteiger partial charge is 0.507 e. The van der Waals surface area contributed by atoms with Crippen molar-refractivity contribution in [3.8, 4) is 90.5 Å². The summed E-state index contributed by atoms with van der Waals surface area (Å²) in [4.78, 5) is 0. The maximum atomic E-state index is 12.8. The van der Waals surface area contributed by atoms with Crippen LogP contribution in [0.15, 0.2) is 218 Å². The van der Waals surface area contributed by atoms with Gasteiger partial charge in [-0.15, -0.1) is 0 Å². The van der Waals surface area contributed by atoms with E-state index >= 15 is 0 Å². The molecule has 0 saturated carbocycles. The Balaban J connectivity index is 0.980. The van der Waals surface area contributed by atoms with Crippen molar-refractivity contribution >= 4 is 0 Å². The monoisotopic (exact) mass is 1180 g/mol. The summed E-state index contributed by atoms with van der Waals surface area (Å²) in [5.74, 6) is 0.361. The van der Waals surface area contributed by atoms with Crippen LogP contribution in [-0.4, -0.2) is 40.9 Å². The van der Waals surface area contributed by atoms with Gasteiger partial charge in [0.25, 0.3) is 0 Å². The quantitative estimate of drug-likeness (QED) is 0.0864. The SMILES string of the molecule is Oc1c2cc3cc1Cc1cc(-c4ccccc4)cc(c1O)Cc1cc(-c4ccccc4)cc(c1O)Cc1cc(cc(c1O)C2)Cc1cc2c(O)c(c1)Cc1cc(-c4ccccc4)cc(c1O)Cc1cc(-c4ccccc4)cc(c1O)Cc1cc(cc(c1O)C2)C3. The van der Waals surface area contributed by atoms with Gasteiger partial charge < -0.3 is 40.9 Å². The van der Waals surface area contributed by atoms with Crippen molar-refractivity contribution in [1.82, 2.24) is 0 Å². The van der Waals surface area contributed by atoms with Crippen LogP contribution in [0.2, 0.25) is 0 Å². The predicted octanol–water partition coefficient (Wildman–Crippen LogP) is 16.8. The van der Waals surface area contributed by atoms with Crippen LogP contribution >= 0.6 is 0 Å². The second-order valence-corrected chi connectivity index (χ2v) is 24.9. The lowest BCUT2D eigenvalue weighted by Crippen LogP contribution is -2.06. The molecule has 0 fully saturated rings. The van der Waals surface area contributed by atoms with Gasteiger partial charge in [0.15, 0.2) is 0 Å². The van der Waals surface area contributed by atoms with E-state index in [1.165, 1.54) is 0 Å². The highest BCUT2D eigenvalue weighted by Crippen LogP contribution is 2.46. The van der Waals surface area contributed by atoms with E-state index < -0.39 is 0 Å². The Kier molecular flexibility index (Phi) is 14.0. The molecule has 8 N–H and O–H groups in total. The van der Waals surface area contributed by atoms with Crippen LogP contribution in [0.5, 0.6) is 46.0 Å². The molecule has 0 aliphatic heterocycles. The summed E-state index contributed by atoms with van der Waals surface area (Å²) in [6.07, 6.45) is 1.70. The lowest BCUT2D eigenvalue weighted by molar-refractivity contribution is 0.449. The molecule has 15 rings (SSSR count). The van der Waals surface area contributed by atoms with E-state index in [0.29, 0.717) is 102 Å². The normalized spacial score (nSPS) is 13.2. The fraction of sp³-hybridized carbons (Fsp3) is 0.122. The molecule has 0 spiro atoms. The van der Waals surface area contributed by atoms with Crippen LogP contribution in [0.1, 0.15) is 111 Å². The summed E-state index contributed by atoms with van der Waals surface area (Å²) in [5.41, 5.74) is 19.7. The Morgan fingerprint density at radius 1 is 0.144 bits per heavy atom. The van der Waals surface area contributed by atoms with Crippen LogP contribution in [-0.2, 0) is 64.2 Å². The average Bonchev–Trinajstić information content (AvgIpc) is 1.48. The number of rotatable bonds is 4. The molecule has 0 heterocycles. The minimum atomic E-state index is 0.0356. The van der Waals surface area contributed by atoms with Gasteiger partial charge in [-0.05, 0) is 217 Å². The molecule has 8 nitrogen and oxygen atoms in total. The van der Waals surface area contributed by atoms with Gasteiger partial charge in [0.2, 0.25) is 0 Å². The van der Waals surface area contributed by atoms with Crippen molar-refractivity contribution in [3.05, 3.63) is 330 Å². The molecule has 12 aromatic carbocycles. The van der Waals surface area contributed by atoms with Gasteiger partial charge in [0.05, 0.1) is 0 Å². The summed E-state index contributed by atoms with van der Waals surface area (Å²) in [5, 5.41) is 102. The number of hydrogen-bond acceptors (Lipinski definition) is 8. The maximum Gasteiger partial charge on any atom is 0.122 e. The number of aromatic hydroxyl groups is 8. The Labute approximate surface area is 522 Å². The second kappa shape index (κ2) is 22.6. The van der Waals surface area contributed by atoms with E-state index in [4.69, 9.17) is 0 Å². The van der Waals surface area contributed by atoms with Crippen molar-refractivity contribution in [3.63, 3.8) is 0 Å². The van der Waals surface area contributed by atoms with Gasteiger partial charge >= 0.3 is 0 Å². The molecule has 3 aliphatic carbocycles. The zero-order chi connectivity index (χ0) is 61.3. The Morgan fingerprint density at radius 2 is 0.278 bits per heavy atom. The smallest absolute Gasteiger partial charge is 0.122 e. The van der Waals surface area contributed by atoms with Crippen LogP contribution < -0.4 is 0 Å². The molecule has 12 aromatic rings. The highest BCUT2D eigenvalue weighted by molar-refractivity contribution is 5.74. The average molecular weight is 1180 g/mol. The number of phenolic OH excluding ortho intramolecular Hbond substituents is 8. The van der Waals surface area contributed by atoms with Crippen molar-refractivity contribution in [2.45, 2.75) is 64.2 Å². The van der Waals surface area contributed by atoms with Crippen LogP contribution in [0.3, 0.4) is 0 Å². The topological polar surface area (TPSA) is 162 Å². The number of phenols is 8. The maximum absolute atomic E-state index is 12.8. The molecule has 0 unspecified atom stereocenters. The van der Waals surface area contributed by atoms with E-state index in [2.05, 4.69) is 0 Å². The Hall–Kier alpha value is -11.0. The van der Waals surface area contributed by atoms with Gasteiger partial charge in [-0.3, -0.25) is 0 Å². The van der Waals surface area contributed by atoms with Crippen molar-refractivity contribution < 1.29 is 40.9 Å². The summed E-state index contributed by atoms with van der Waals surface area (Å²) < 4.78 is 0. The van der Waals surface area contributed by atoms with Crippen molar-refractivity contribution in [2.24, 2.45) is 0 Å². The molecule has 440 valence electrons. The predicted molar refractivity (Wildman–Crippen MR) is 355 cm³/mol. The van der Waals surface area contributed by atoms with Crippen LogP contribution in [0.4, 0.5) is 0 Å². The summed E-state index contributed by atoms with van der Waals surface area (Å²) >= 11 is 0. The van der Waals surface area contributed by atoms with Crippen molar-refractivity contribution in [1.29, 1.82) is 0 Å². The summed E-state index contributed by atoms with van der Waals surface area (Å²) in [6, 6.07) is 71.5. The fourth-order valence-corrected chi connectivity index (χ4v) is 14.2. The zero-order valence-corrected chi connectivity index (χ0v) is 49.4. The van der Waals surface area contributed by atoms with E-state index in [1.807, 2.05) is 218 Å². The Bertz CT molecular complexity index is 4230. The van der Waals surface area contributed by atoms with E-state index in [9.17, 15) is 40.9 Å². The Morgan fingerprint density at radius 3 is 0.422 bits per heavy atom. The first-order chi connectivity index (χ1) is 43.8. The molecule has 0 atom stereocenters. The molecule has 90 heavy (non-hydrogen) atoms. The number of benzene rings is 12. The number of fused-ring (bicyclic) bond motifs is 16. The summed E-state index contributed by atoms with van der Waals surface area (Å²) in [7, 11) is 0. The third-order valence-corrected chi connectivity index (χ3v) is 18.7. The van der Waals surface area contributed by atoms with E-state index in [1.54, 1.807) is 0 Å². The molecule has 0 saturated heterocycles. The third-order valence-electron chi connectivity index (χ3n) is 18.7. The third kappa shape index (κ3) is 10.6. The minimum absolute atomic E-state index is 0.0356. The first kappa shape index (κ1) is 55.6. The molecule has 3 aliphatic rings. The standard InChI is InChI=1S/C82H64O8/c83-75-59-23-47-21-48-24-61-40-62-26-50(30-66(78(62)86)44-70-34-58(54-19-11-4-12-20-54)38-74(82(70)90)46-73-37-57(53-17-9-3-10-18-53)33-69(81(73)89)43-65(28-48)77(61)85)22-49-25-60(39-59)76(84)64(29-49)42-68-32-56(52-15-7-2-8-16-52)36-72(80(68)88)45-71-35-55(51-13-5-1-6-14-51)31-67(79(71)87)41-63(75)27-47/h1-20,23-38,83-90H,21-22,39-46H2. The van der Waals surface area contributed by atoms with E-state index in [0.717, 1.165) is 66.8 Å². The molecule has 8 heteroatoms. The molecular formula is C82H64O8. The lowest BCUT2D eigenvalue weighted by atomic mass is 9.85. The minimum Gasteiger partial charge on any atom is -0.507 e. The molecular weight excluding hydrogens is 1110 g/mol. The first-order valence-electron chi connectivity index (χ1n) is 30.7. The summed E-state index contributed by atoms with van der Waals surface area (Å²) in [6.45, 7) is 0. The van der Waals surface area contributed by atoms with Crippen LogP contribution in [0, 0.1) is 0 Å². The zero-order valence-electron chi connectivity index (χ0n) is 49.4. The van der Waals surface area contributed by atoms with Gasteiger partial charge in [-0.25, -0.2) is 0 Å². The highest BCUT2D eigenvalue weighted by Gasteiger charge is 2.27. The number of hydrogen-bond donors (Lipinski definition) is 8. The molecule has 20 bridgehead atoms. The molecule has 0 amide bonds. The van der Waals surface area contributed by atoms with Gasteiger partial charge in [0.1, 0.15) is 46.0 Å². The lowest BCUT2D eigenvalue weighted by Gasteiger charge is -2.22.